The number of rotatable bonds is 3. The Morgan fingerprint density at radius 1 is 1.33 bits per heavy atom. The Bertz CT molecular complexity index is 380. The number of aryl methyl sites for hydroxylation is 2. The predicted octanol–water partition coefficient (Wildman–Crippen LogP) is 3.49. The van der Waals surface area contributed by atoms with E-state index in [0.717, 1.165) is 12.8 Å². The molecule has 0 heterocycles. The quantitative estimate of drug-likeness (QED) is 0.892. The lowest BCUT2D eigenvalue weighted by atomic mass is 9.99. The Balaban J connectivity index is 2.11. The van der Waals surface area contributed by atoms with Crippen molar-refractivity contribution in [1.29, 1.82) is 0 Å². The molecule has 1 fully saturated rings. The molecule has 2 heteroatoms. The Labute approximate surface area is 100 Å². The average Bonchev–Trinajstić information content (AvgIpc) is 2.93. The van der Waals surface area contributed by atoms with Crippen LogP contribution in [0.25, 0.3) is 0 Å². The third-order valence-corrected chi connectivity index (χ3v) is 4.70. The summed E-state index contributed by atoms with van der Waals surface area (Å²) in [5.41, 5.74) is 10.4. The van der Waals surface area contributed by atoms with E-state index in [1.807, 2.05) is 0 Å². The van der Waals surface area contributed by atoms with Crippen molar-refractivity contribution in [3.8, 4) is 0 Å². The summed E-state index contributed by atoms with van der Waals surface area (Å²) in [5, 5.41) is 0. The molecule has 1 aliphatic carbocycles. The summed E-state index contributed by atoms with van der Waals surface area (Å²) in [6.07, 6.45) is 4.66. The molecule has 0 atom stereocenters. The van der Waals surface area contributed by atoms with Crippen molar-refractivity contribution in [2.45, 2.75) is 45.1 Å². The Morgan fingerprint density at radius 3 is 2.60 bits per heavy atom. The van der Waals surface area contributed by atoms with E-state index < -0.39 is 0 Å². The highest BCUT2D eigenvalue weighted by molar-refractivity contribution is 9.10. The van der Waals surface area contributed by atoms with E-state index in [2.05, 4.69) is 41.9 Å². The van der Waals surface area contributed by atoms with Gasteiger partial charge in [-0.2, -0.15) is 0 Å². The first-order valence-electron chi connectivity index (χ1n) is 5.55. The molecular weight excluding hydrogens is 250 g/mol. The summed E-state index contributed by atoms with van der Waals surface area (Å²) in [5.74, 6) is 0. The van der Waals surface area contributed by atoms with E-state index in [0.29, 0.717) is 0 Å². The molecule has 0 spiro atoms. The highest BCUT2D eigenvalue weighted by Crippen LogP contribution is 2.37. The van der Waals surface area contributed by atoms with Crippen LogP contribution in [0.1, 0.15) is 36.0 Å². The molecular formula is C13H18BrN. The molecule has 82 valence electrons. The van der Waals surface area contributed by atoms with Gasteiger partial charge in [0.1, 0.15) is 0 Å². The Hall–Kier alpha value is -0.340. The van der Waals surface area contributed by atoms with Crippen LogP contribution in [0.2, 0.25) is 0 Å². The van der Waals surface area contributed by atoms with E-state index in [1.54, 1.807) is 0 Å². The first-order chi connectivity index (χ1) is 7.02. The normalized spacial score (nSPS) is 17.9. The van der Waals surface area contributed by atoms with E-state index in [4.69, 9.17) is 5.73 Å². The van der Waals surface area contributed by atoms with E-state index in [1.165, 1.54) is 34.0 Å². The van der Waals surface area contributed by atoms with Crippen LogP contribution in [0.5, 0.6) is 0 Å². The standard InChI is InChI=1S/C13H18BrN/c1-9-3-4-11(10(2)12(9)14)5-6-13(15)7-8-13/h3-4H,5-8,15H2,1-2H3. The van der Waals surface area contributed by atoms with Crippen LogP contribution in [0.3, 0.4) is 0 Å². The van der Waals surface area contributed by atoms with E-state index in [9.17, 15) is 0 Å². The molecule has 0 bridgehead atoms. The van der Waals surface area contributed by atoms with Crippen LogP contribution in [-0.4, -0.2) is 5.54 Å². The number of halogens is 1. The van der Waals surface area contributed by atoms with E-state index in [-0.39, 0.29) is 5.54 Å². The van der Waals surface area contributed by atoms with Crippen molar-refractivity contribution in [2.24, 2.45) is 5.73 Å². The third-order valence-electron chi connectivity index (χ3n) is 3.48. The van der Waals surface area contributed by atoms with Crippen molar-refractivity contribution in [3.63, 3.8) is 0 Å². The van der Waals surface area contributed by atoms with Gasteiger partial charge in [-0.15, -0.1) is 0 Å². The lowest BCUT2D eigenvalue weighted by Crippen LogP contribution is -2.22. The largest absolute Gasteiger partial charge is 0.325 e. The molecule has 0 saturated heterocycles. The summed E-state index contributed by atoms with van der Waals surface area (Å²) in [6.45, 7) is 4.31. The summed E-state index contributed by atoms with van der Waals surface area (Å²) in [6, 6.07) is 4.42. The Kier molecular flexibility index (Phi) is 2.91. The molecule has 1 aromatic rings. The molecule has 0 aromatic heterocycles. The average molecular weight is 268 g/mol. The number of hydrogen-bond acceptors (Lipinski definition) is 1. The topological polar surface area (TPSA) is 26.0 Å². The second-order valence-corrected chi connectivity index (χ2v) is 5.64. The van der Waals surface area contributed by atoms with Crippen LogP contribution >= 0.6 is 15.9 Å². The SMILES string of the molecule is Cc1ccc(CCC2(N)CC2)c(C)c1Br. The fourth-order valence-corrected chi connectivity index (χ4v) is 2.31. The van der Waals surface area contributed by atoms with Crippen LogP contribution in [0.4, 0.5) is 0 Å². The molecule has 0 radical (unpaired) electrons. The molecule has 1 saturated carbocycles. The molecule has 0 unspecified atom stereocenters. The maximum atomic E-state index is 6.10. The van der Waals surface area contributed by atoms with Crippen molar-refractivity contribution in [1.82, 2.24) is 0 Å². The van der Waals surface area contributed by atoms with Gasteiger partial charge in [0, 0.05) is 10.0 Å². The minimum Gasteiger partial charge on any atom is -0.325 e. The number of hydrogen-bond donors (Lipinski definition) is 1. The van der Waals surface area contributed by atoms with Crippen LogP contribution in [0, 0.1) is 13.8 Å². The van der Waals surface area contributed by atoms with Gasteiger partial charge < -0.3 is 5.73 Å². The maximum absolute atomic E-state index is 6.10. The fraction of sp³-hybridized carbons (Fsp3) is 0.538. The van der Waals surface area contributed by atoms with E-state index >= 15 is 0 Å². The second-order valence-electron chi connectivity index (χ2n) is 4.84. The highest BCUT2D eigenvalue weighted by atomic mass is 79.9. The molecule has 1 aliphatic rings. The minimum atomic E-state index is 0.170. The number of benzene rings is 1. The summed E-state index contributed by atoms with van der Waals surface area (Å²) in [4.78, 5) is 0. The van der Waals surface area contributed by atoms with Crippen molar-refractivity contribution >= 4 is 15.9 Å². The van der Waals surface area contributed by atoms with Gasteiger partial charge >= 0.3 is 0 Å². The van der Waals surface area contributed by atoms with Gasteiger partial charge in [0.2, 0.25) is 0 Å². The van der Waals surface area contributed by atoms with Crippen LogP contribution < -0.4 is 5.73 Å². The molecule has 2 N–H and O–H groups in total. The zero-order chi connectivity index (χ0) is 11.1. The lowest BCUT2D eigenvalue weighted by molar-refractivity contribution is 0.608. The second kappa shape index (κ2) is 3.91. The van der Waals surface area contributed by atoms with Crippen molar-refractivity contribution < 1.29 is 0 Å². The first-order valence-corrected chi connectivity index (χ1v) is 6.35. The zero-order valence-electron chi connectivity index (χ0n) is 9.44. The summed E-state index contributed by atoms with van der Waals surface area (Å²) in [7, 11) is 0. The van der Waals surface area contributed by atoms with Crippen LogP contribution in [0.15, 0.2) is 16.6 Å². The monoisotopic (exact) mass is 267 g/mol. The minimum absolute atomic E-state index is 0.170. The van der Waals surface area contributed by atoms with Crippen molar-refractivity contribution in [3.05, 3.63) is 33.3 Å². The van der Waals surface area contributed by atoms with Gasteiger partial charge in [-0.3, -0.25) is 0 Å². The Morgan fingerprint density at radius 2 is 2.00 bits per heavy atom. The van der Waals surface area contributed by atoms with Gasteiger partial charge in [0.15, 0.2) is 0 Å². The summed E-state index contributed by atoms with van der Waals surface area (Å²) < 4.78 is 1.25. The lowest BCUT2D eigenvalue weighted by Gasteiger charge is -2.12. The third kappa shape index (κ3) is 2.43. The molecule has 1 nitrogen and oxygen atoms in total. The van der Waals surface area contributed by atoms with Crippen LogP contribution in [-0.2, 0) is 6.42 Å². The molecule has 1 aromatic carbocycles. The van der Waals surface area contributed by atoms with Gasteiger partial charge in [0.25, 0.3) is 0 Å². The van der Waals surface area contributed by atoms with Gasteiger partial charge in [-0.05, 0) is 56.2 Å². The first kappa shape index (κ1) is 11.2. The molecule has 2 rings (SSSR count). The van der Waals surface area contributed by atoms with Gasteiger partial charge in [-0.25, -0.2) is 0 Å². The van der Waals surface area contributed by atoms with Gasteiger partial charge in [-0.1, -0.05) is 28.1 Å². The smallest absolute Gasteiger partial charge is 0.0236 e. The zero-order valence-corrected chi connectivity index (χ0v) is 11.0. The maximum Gasteiger partial charge on any atom is 0.0236 e. The molecule has 0 aliphatic heterocycles. The molecule has 0 amide bonds. The van der Waals surface area contributed by atoms with Gasteiger partial charge in [0.05, 0.1) is 0 Å². The highest BCUT2D eigenvalue weighted by Gasteiger charge is 2.37. The predicted molar refractivity (Wildman–Crippen MR) is 68.1 cm³/mol. The van der Waals surface area contributed by atoms with Crippen molar-refractivity contribution in [2.75, 3.05) is 0 Å². The number of nitrogens with two attached hydrogens (primary N) is 1. The molecule has 15 heavy (non-hydrogen) atoms. The fourth-order valence-electron chi connectivity index (χ4n) is 1.93. The summed E-state index contributed by atoms with van der Waals surface area (Å²) >= 11 is 3.63.